The number of rotatable bonds is 6. The van der Waals surface area contributed by atoms with Gasteiger partial charge >= 0.3 is 5.51 Å². The van der Waals surface area contributed by atoms with Gasteiger partial charge in [-0.05, 0) is 35.9 Å². The van der Waals surface area contributed by atoms with E-state index >= 15 is 0 Å². The molecule has 0 saturated heterocycles. The minimum atomic E-state index is -4.36. The first-order valence-corrected chi connectivity index (χ1v) is 7.84. The van der Waals surface area contributed by atoms with E-state index in [0.717, 1.165) is 11.8 Å². The summed E-state index contributed by atoms with van der Waals surface area (Å²) < 4.78 is 36.5. The van der Waals surface area contributed by atoms with E-state index in [-0.39, 0.29) is 28.2 Å². The third kappa shape index (κ3) is 7.21. The Morgan fingerprint density at radius 1 is 1.24 bits per heavy atom. The number of aliphatic hydroxyl groups is 2. The number of alkyl halides is 3. The van der Waals surface area contributed by atoms with Gasteiger partial charge in [-0.3, -0.25) is 4.79 Å². The van der Waals surface area contributed by atoms with Crippen molar-refractivity contribution in [2.75, 3.05) is 5.75 Å². The van der Waals surface area contributed by atoms with Gasteiger partial charge in [-0.25, -0.2) is 0 Å². The second-order valence-electron chi connectivity index (χ2n) is 4.26. The maximum Gasteiger partial charge on any atom is 0.446 e. The third-order valence-electron chi connectivity index (χ3n) is 2.54. The Balaban J connectivity index is 2.57. The van der Waals surface area contributed by atoms with Gasteiger partial charge in [-0.2, -0.15) is 13.2 Å². The Morgan fingerprint density at radius 2 is 1.81 bits per heavy atom. The minimum absolute atomic E-state index is 0.0140. The highest BCUT2D eigenvalue weighted by atomic mass is 32.2. The van der Waals surface area contributed by atoms with Crippen molar-refractivity contribution in [1.29, 1.82) is 0 Å². The standard InChI is InChI=1S/C13H15F3O3S2/c1-8(17)20-7-6-11(18)12(19)9-2-4-10(5-3-9)21-13(14,15)16/h2-5,11-12,18-19H,6-7H2,1H3. The number of thioether (sulfide) groups is 2. The van der Waals surface area contributed by atoms with Crippen LogP contribution in [0.5, 0.6) is 0 Å². The van der Waals surface area contributed by atoms with Crippen LogP contribution in [0, 0.1) is 0 Å². The van der Waals surface area contributed by atoms with Gasteiger partial charge in [0.05, 0.1) is 6.10 Å². The molecule has 0 saturated carbocycles. The first-order valence-electron chi connectivity index (χ1n) is 6.04. The van der Waals surface area contributed by atoms with Crippen LogP contribution in [0.2, 0.25) is 0 Å². The lowest BCUT2D eigenvalue weighted by molar-refractivity contribution is -0.109. The summed E-state index contributed by atoms with van der Waals surface area (Å²) in [4.78, 5) is 10.8. The van der Waals surface area contributed by atoms with Crippen LogP contribution in [0.3, 0.4) is 0 Å². The lowest BCUT2D eigenvalue weighted by Gasteiger charge is -2.18. The number of carbonyl (C=O) groups is 1. The third-order valence-corrected chi connectivity index (χ3v) is 4.12. The molecule has 0 aliphatic rings. The molecule has 118 valence electrons. The van der Waals surface area contributed by atoms with E-state index in [4.69, 9.17) is 0 Å². The second kappa shape index (κ2) is 8.07. The average molecular weight is 340 g/mol. The first-order chi connectivity index (χ1) is 9.69. The molecular weight excluding hydrogens is 325 g/mol. The van der Waals surface area contributed by atoms with E-state index < -0.39 is 17.7 Å². The van der Waals surface area contributed by atoms with Crippen molar-refractivity contribution < 1.29 is 28.2 Å². The molecule has 2 unspecified atom stereocenters. The minimum Gasteiger partial charge on any atom is -0.390 e. The van der Waals surface area contributed by atoms with E-state index in [1.165, 1.54) is 31.2 Å². The monoisotopic (exact) mass is 340 g/mol. The van der Waals surface area contributed by atoms with Gasteiger partial charge in [-0.1, -0.05) is 23.9 Å². The maximum absolute atomic E-state index is 12.2. The Morgan fingerprint density at radius 3 is 2.29 bits per heavy atom. The largest absolute Gasteiger partial charge is 0.446 e. The molecule has 0 radical (unpaired) electrons. The quantitative estimate of drug-likeness (QED) is 0.778. The molecular formula is C13H15F3O3S2. The van der Waals surface area contributed by atoms with Gasteiger partial charge in [-0.15, -0.1) is 0 Å². The van der Waals surface area contributed by atoms with Gasteiger partial charge in [0, 0.05) is 17.6 Å². The summed E-state index contributed by atoms with van der Waals surface area (Å²) in [6.45, 7) is 1.41. The lowest BCUT2D eigenvalue weighted by atomic mass is 10.0. The van der Waals surface area contributed by atoms with Gasteiger partial charge in [0.2, 0.25) is 0 Å². The molecule has 2 N–H and O–H groups in total. The Kier molecular flexibility index (Phi) is 7.05. The Labute approximate surface area is 128 Å². The van der Waals surface area contributed by atoms with Crippen LogP contribution in [-0.2, 0) is 4.79 Å². The Bertz CT molecular complexity index is 463. The molecule has 0 spiro atoms. The summed E-state index contributed by atoms with van der Waals surface area (Å²) in [5.41, 5.74) is -4.02. The maximum atomic E-state index is 12.2. The van der Waals surface area contributed by atoms with Crippen LogP contribution in [0.4, 0.5) is 13.2 Å². The number of aliphatic hydroxyl groups excluding tert-OH is 2. The van der Waals surface area contributed by atoms with E-state index in [9.17, 15) is 28.2 Å². The summed E-state index contributed by atoms with van der Waals surface area (Å²) in [5, 5.41) is 19.6. The van der Waals surface area contributed by atoms with E-state index in [1.54, 1.807) is 0 Å². The molecule has 1 aromatic carbocycles. The highest BCUT2D eigenvalue weighted by molar-refractivity contribution is 8.13. The smallest absolute Gasteiger partial charge is 0.390 e. The van der Waals surface area contributed by atoms with Gasteiger partial charge in [0.15, 0.2) is 5.12 Å². The van der Waals surface area contributed by atoms with Gasteiger partial charge in [0.25, 0.3) is 0 Å². The topological polar surface area (TPSA) is 57.5 Å². The predicted molar refractivity (Wildman–Crippen MR) is 77.1 cm³/mol. The van der Waals surface area contributed by atoms with E-state index in [0.29, 0.717) is 11.3 Å². The molecule has 3 nitrogen and oxygen atoms in total. The fourth-order valence-corrected chi connectivity index (χ4v) is 2.76. The van der Waals surface area contributed by atoms with Crippen LogP contribution in [0.15, 0.2) is 29.2 Å². The SMILES string of the molecule is CC(=O)SCCC(O)C(O)c1ccc(SC(F)(F)F)cc1. The first kappa shape index (κ1) is 18.3. The molecule has 2 atom stereocenters. The number of hydrogen-bond acceptors (Lipinski definition) is 5. The summed E-state index contributed by atoms with van der Waals surface area (Å²) in [6, 6.07) is 5.18. The summed E-state index contributed by atoms with van der Waals surface area (Å²) in [6.07, 6.45) is -2.05. The van der Waals surface area contributed by atoms with Crippen molar-refractivity contribution in [3.63, 3.8) is 0 Å². The molecule has 1 rings (SSSR count). The summed E-state index contributed by atoms with van der Waals surface area (Å²) >= 11 is 0.804. The molecule has 0 bridgehead atoms. The number of benzene rings is 1. The number of halogens is 3. The van der Waals surface area contributed by atoms with Crippen LogP contribution in [0.25, 0.3) is 0 Å². The number of carbonyl (C=O) groups excluding carboxylic acids is 1. The Hall–Kier alpha value is -0.700. The highest BCUT2D eigenvalue weighted by Crippen LogP contribution is 2.37. The molecule has 0 heterocycles. The van der Waals surface area contributed by atoms with E-state index in [1.807, 2.05) is 0 Å². The van der Waals surface area contributed by atoms with Crippen molar-refractivity contribution in [3.8, 4) is 0 Å². The molecule has 21 heavy (non-hydrogen) atoms. The molecule has 8 heteroatoms. The molecule has 0 aliphatic heterocycles. The van der Waals surface area contributed by atoms with Crippen molar-refractivity contribution in [1.82, 2.24) is 0 Å². The molecule has 0 aromatic heterocycles. The van der Waals surface area contributed by atoms with Crippen molar-refractivity contribution in [2.45, 2.75) is 36.0 Å². The zero-order chi connectivity index (χ0) is 16.0. The summed E-state index contributed by atoms with van der Waals surface area (Å²) in [7, 11) is 0. The van der Waals surface area contributed by atoms with Crippen LogP contribution >= 0.6 is 23.5 Å². The lowest BCUT2D eigenvalue weighted by Crippen LogP contribution is -2.19. The second-order valence-corrected chi connectivity index (χ2v) is 6.67. The predicted octanol–water partition coefficient (Wildman–Crippen LogP) is 3.36. The zero-order valence-electron chi connectivity index (χ0n) is 11.1. The molecule has 0 fully saturated rings. The zero-order valence-corrected chi connectivity index (χ0v) is 12.8. The van der Waals surface area contributed by atoms with Crippen molar-refractivity contribution in [2.24, 2.45) is 0 Å². The normalized spacial score (nSPS) is 14.8. The molecule has 0 aliphatic carbocycles. The van der Waals surface area contributed by atoms with Crippen LogP contribution in [0.1, 0.15) is 25.0 Å². The average Bonchev–Trinajstić information content (AvgIpc) is 2.36. The fraction of sp³-hybridized carbons (Fsp3) is 0.462. The van der Waals surface area contributed by atoms with Gasteiger partial charge < -0.3 is 10.2 Å². The van der Waals surface area contributed by atoms with Crippen LogP contribution < -0.4 is 0 Å². The highest BCUT2D eigenvalue weighted by Gasteiger charge is 2.29. The number of hydrogen-bond donors (Lipinski definition) is 2. The van der Waals surface area contributed by atoms with Crippen molar-refractivity contribution in [3.05, 3.63) is 29.8 Å². The van der Waals surface area contributed by atoms with Gasteiger partial charge in [0.1, 0.15) is 6.10 Å². The fourth-order valence-electron chi connectivity index (χ4n) is 1.57. The molecule has 1 aromatic rings. The van der Waals surface area contributed by atoms with E-state index in [2.05, 4.69) is 0 Å². The van der Waals surface area contributed by atoms with Crippen LogP contribution in [-0.4, -0.2) is 32.7 Å². The summed E-state index contributed by atoms with van der Waals surface area (Å²) in [5.74, 6) is 0.371. The van der Waals surface area contributed by atoms with Crippen molar-refractivity contribution >= 4 is 28.6 Å². The molecule has 0 amide bonds.